The fourth-order valence-corrected chi connectivity index (χ4v) is 3.21. The zero-order chi connectivity index (χ0) is 21.2. The molecule has 0 aliphatic carbocycles. The van der Waals surface area contributed by atoms with E-state index in [1.807, 2.05) is 0 Å². The molecule has 0 aliphatic rings. The van der Waals surface area contributed by atoms with Gasteiger partial charge in [-0.25, -0.2) is 0 Å². The summed E-state index contributed by atoms with van der Waals surface area (Å²) in [6.45, 7) is 2.84. The predicted octanol–water partition coefficient (Wildman–Crippen LogP) is 2.63. The van der Waals surface area contributed by atoms with Crippen LogP contribution in [0.25, 0.3) is 10.9 Å². The first-order chi connectivity index (χ1) is 14.7. The van der Waals surface area contributed by atoms with Crippen LogP contribution in [0.15, 0.2) is 65.8 Å². The fraction of sp³-hybridized carbons (Fsp3) is 0.304. The minimum Gasteiger partial charge on any atom is -0.497 e. The zero-order valence-corrected chi connectivity index (χ0v) is 17.5. The lowest BCUT2D eigenvalue weighted by Crippen LogP contribution is -2.41. The SMILES string of the molecule is CN=C(NCCCn1ccc2ccccc21)NCCNC(=O)c1ccc(OC)cc1. The summed E-state index contributed by atoms with van der Waals surface area (Å²) in [7, 11) is 3.34. The van der Waals surface area contributed by atoms with Crippen molar-refractivity contribution < 1.29 is 9.53 Å². The van der Waals surface area contributed by atoms with Crippen LogP contribution in [0.5, 0.6) is 5.75 Å². The summed E-state index contributed by atoms with van der Waals surface area (Å²) in [6, 6.07) is 17.6. The lowest BCUT2D eigenvalue weighted by molar-refractivity contribution is 0.0954. The van der Waals surface area contributed by atoms with Gasteiger partial charge in [-0.1, -0.05) is 18.2 Å². The monoisotopic (exact) mass is 407 g/mol. The van der Waals surface area contributed by atoms with Crippen LogP contribution in [0.1, 0.15) is 16.8 Å². The van der Waals surface area contributed by atoms with Crippen molar-refractivity contribution >= 4 is 22.8 Å². The van der Waals surface area contributed by atoms with Gasteiger partial charge in [-0.2, -0.15) is 0 Å². The van der Waals surface area contributed by atoms with Gasteiger partial charge in [0.25, 0.3) is 5.91 Å². The third-order valence-electron chi connectivity index (χ3n) is 4.83. The van der Waals surface area contributed by atoms with Gasteiger partial charge in [-0.15, -0.1) is 0 Å². The van der Waals surface area contributed by atoms with Crippen LogP contribution >= 0.6 is 0 Å². The molecule has 0 fully saturated rings. The van der Waals surface area contributed by atoms with Crippen LogP contribution in [0.4, 0.5) is 0 Å². The average Bonchev–Trinajstić information content (AvgIpc) is 3.21. The number of benzene rings is 2. The van der Waals surface area contributed by atoms with Gasteiger partial charge < -0.3 is 25.3 Å². The van der Waals surface area contributed by atoms with Crippen molar-refractivity contribution in [3.63, 3.8) is 0 Å². The molecule has 1 heterocycles. The number of guanidine groups is 1. The van der Waals surface area contributed by atoms with Crippen molar-refractivity contribution in [2.75, 3.05) is 33.8 Å². The quantitative estimate of drug-likeness (QED) is 0.289. The number of methoxy groups -OCH3 is 1. The maximum atomic E-state index is 12.1. The van der Waals surface area contributed by atoms with E-state index in [0.717, 1.165) is 31.2 Å². The second kappa shape index (κ2) is 10.9. The van der Waals surface area contributed by atoms with Crippen LogP contribution in [-0.4, -0.2) is 50.2 Å². The number of ether oxygens (including phenoxy) is 1. The number of hydrogen-bond acceptors (Lipinski definition) is 3. The van der Waals surface area contributed by atoms with Crippen LogP contribution in [-0.2, 0) is 6.54 Å². The second-order valence-corrected chi connectivity index (χ2v) is 6.83. The Labute approximate surface area is 177 Å². The normalized spacial score (nSPS) is 11.3. The number of fused-ring (bicyclic) bond motifs is 1. The maximum Gasteiger partial charge on any atom is 0.251 e. The lowest BCUT2D eigenvalue weighted by Gasteiger charge is -2.13. The molecule has 1 aromatic heterocycles. The van der Waals surface area contributed by atoms with E-state index in [-0.39, 0.29) is 5.91 Å². The second-order valence-electron chi connectivity index (χ2n) is 6.83. The highest BCUT2D eigenvalue weighted by Crippen LogP contribution is 2.15. The first-order valence-corrected chi connectivity index (χ1v) is 10.1. The van der Waals surface area contributed by atoms with Gasteiger partial charge in [0.1, 0.15) is 5.75 Å². The first kappa shape index (κ1) is 21.2. The average molecular weight is 408 g/mol. The Kier molecular flexibility index (Phi) is 7.71. The standard InChI is InChI=1S/C23H29N5O2/c1-24-23(26-13-5-16-28-17-12-18-6-3-4-7-21(18)28)27-15-14-25-22(29)19-8-10-20(30-2)11-9-19/h3-4,6-12,17H,5,13-16H2,1-2H3,(H,25,29)(H2,24,26,27). The van der Waals surface area contributed by atoms with Gasteiger partial charge in [-0.3, -0.25) is 9.79 Å². The summed E-state index contributed by atoms with van der Waals surface area (Å²) < 4.78 is 7.37. The van der Waals surface area contributed by atoms with Crippen molar-refractivity contribution in [3.05, 3.63) is 66.4 Å². The van der Waals surface area contributed by atoms with Crippen molar-refractivity contribution in [1.82, 2.24) is 20.5 Å². The Morgan fingerprint density at radius 1 is 0.967 bits per heavy atom. The summed E-state index contributed by atoms with van der Waals surface area (Å²) in [5, 5.41) is 10.7. The van der Waals surface area contributed by atoms with E-state index >= 15 is 0 Å². The minimum atomic E-state index is -0.110. The smallest absolute Gasteiger partial charge is 0.251 e. The summed E-state index contributed by atoms with van der Waals surface area (Å²) in [6.07, 6.45) is 3.11. The van der Waals surface area contributed by atoms with E-state index < -0.39 is 0 Å². The van der Waals surface area contributed by atoms with Crippen LogP contribution in [0.3, 0.4) is 0 Å². The van der Waals surface area contributed by atoms with Crippen molar-refractivity contribution in [2.24, 2.45) is 4.99 Å². The minimum absolute atomic E-state index is 0.110. The van der Waals surface area contributed by atoms with Gasteiger partial charge in [0.15, 0.2) is 5.96 Å². The molecular formula is C23H29N5O2. The van der Waals surface area contributed by atoms with Gasteiger partial charge >= 0.3 is 0 Å². The molecule has 0 unspecified atom stereocenters. The molecule has 3 aromatic rings. The zero-order valence-electron chi connectivity index (χ0n) is 17.5. The molecule has 1 amide bonds. The highest BCUT2D eigenvalue weighted by Gasteiger charge is 2.05. The number of nitrogens with zero attached hydrogens (tertiary/aromatic N) is 2. The summed E-state index contributed by atoms with van der Waals surface area (Å²) in [5.74, 6) is 1.35. The van der Waals surface area contributed by atoms with Crippen LogP contribution < -0.4 is 20.7 Å². The number of aryl methyl sites for hydroxylation is 1. The molecule has 0 atom stereocenters. The number of rotatable bonds is 9. The Bertz CT molecular complexity index is 979. The third kappa shape index (κ3) is 5.76. The van der Waals surface area contributed by atoms with Gasteiger partial charge in [0, 0.05) is 50.5 Å². The molecule has 0 bridgehead atoms. The van der Waals surface area contributed by atoms with E-state index in [0.29, 0.717) is 18.7 Å². The number of aliphatic imine (C=N–C) groups is 1. The lowest BCUT2D eigenvalue weighted by atomic mass is 10.2. The van der Waals surface area contributed by atoms with Crippen molar-refractivity contribution in [1.29, 1.82) is 0 Å². The summed E-state index contributed by atoms with van der Waals surface area (Å²) in [4.78, 5) is 16.4. The van der Waals surface area contributed by atoms with E-state index in [4.69, 9.17) is 4.74 Å². The predicted molar refractivity (Wildman–Crippen MR) is 121 cm³/mol. The van der Waals surface area contributed by atoms with Crippen molar-refractivity contribution in [2.45, 2.75) is 13.0 Å². The molecular weight excluding hydrogens is 378 g/mol. The van der Waals surface area contributed by atoms with Crippen molar-refractivity contribution in [3.8, 4) is 5.75 Å². The third-order valence-corrected chi connectivity index (χ3v) is 4.83. The molecule has 0 spiro atoms. The fourth-order valence-electron chi connectivity index (χ4n) is 3.21. The Hall–Kier alpha value is -3.48. The number of carbonyl (C=O) groups is 1. The highest BCUT2D eigenvalue weighted by atomic mass is 16.5. The molecule has 7 heteroatoms. The first-order valence-electron chi connectivity index (χ1n) is 10.1. The van der Waals surface area contributed by atoms with Gasteiger partial charge in [0.2, 0.25) is 0 Å². The van der Waals surface area contributed by atoms with Gasteiger partial charge in [-0.05, 0) is 48.2 Å². The largest absolute Gasteiger partial charge is 0.497 e. The van der Waals surface area contributed by atoms with E-state index in [1.54, 1.807) is 38.4 Å². The topological polar surface area (TPSA) is 79.7 Å². The number of nitrogens with one attached hydrogen (secondary N) is 3. The summed E-state index contributed by atoms with van der Waals surface area (Å²) >= 11 is 0. The number of para-hydroxylation sites is 1. The molecule has 3 N–H and O–H groups in total. The molecule has 30 heavy (non-hydrogen) atoms. The van der Waals surface area contributed by atoms with E-state index in [2.05, 4.69) is 62.0 Å². The van der Waals surface area contributed by atoms with E-state index in [1.165, 1.54) is 10.9 Å². The van der Waals surface area contributed by atoms with Crippen LogP contribution in [0, 0.1) is 0 Å². The Balaban J connectivity index is 1.33. The molecule has 3 rings (SSSR count). The van der Waals surface area contributed by atoms with Crippen LogP contribution in [0.2, 0.25) is 0 Å². The molecule has 2 aromatic carbocycles. The number of aromatic nitrogens is 1. The molecule has 0 aliphatic heterocycles. The van der Waals surface area contributed by atoms with Gasteiger partial charge in [0.05, 0.1) is 7.11 Å². The highest BCUT2D eigenvalue weighted by molar-refractivity contribution is 5.94. The maximum absolute atomic E-state index is 12.1. The number of amides is 1. The Morgan fingerprint density at radius 2 is 1.70 bits per heavy atom. The molecule has 7 nitrogen and oxygen atoms in total. The number of carbonyl (C=O) groups excluding carboxylic acids is 1. The molecule has 0 radical (unpaired) electrons. The molecule has 0 saturated heterocycles. The Morgan fingerprint density at radius 3 is 2.47 bits per heavy atom. The summed E-state index contributed by atoms with van der Waals surface area (Å²) in [5.41, 5.74) is 1.86. The van der Waals surface area contributed by atoms with E-state index in [9.17, 15) is 4.79 Å². The number of hydrogen-bond donors (Lipinski definition) is 3. The molecule has 0 saturated carbocycles. The molecule has 158 valence electrons.